The first-order valence-corrected chi connectivity index (χ1v) is 7.20. The summed E-state index contributed by atoms with van der Waals surface area (Å²) in [6, 6.07) is 11.2. The van der Waals surface area contributed by atoms with E-state index in [9.17, 15) is 4.79 Å². The maximum atomic E-state index is 12.1. The molecule has 1 amide bonds. The van der Waals surface area contributed by atoms with Gasteiger partial charge in [-0.1, -0.05) is 12.1 Å². The Balaban J connectivity index is 1.62. The number of hydrogen-bond donors (Lipinski definition) is 2. The predicted octanol–water partition coefficient (Wildman–Crippen LogP) is 1.88. The van der Waals surface area contributed by atoms with E-state index in [0.29, 0.717) is 17.3 Å². The molecule has 0 spiro atoms. The van der Waals surface area contributed by atoms with Gasteiger partial charge in [0.1, 0.15) is 0 Å². The van der Waals surface area contributed by atoms with Crippen LogP contribution in [0.1, 0.15) is 22.3 Å². The van der Waals surface area contributed by atoms with Crippen molar-refractivity contribution in [3.8, 4) is 0 Å². The molecule has 0 saturated carbocycles. The van der Waals surface area contributed by atoms with E-state index < -0.39 is 0 Å². The van der Waals surface area contributed by atoms with E-state index in [0.717, 1.165) is 19.5 Å². The maximum Gasteiger partial charge on any atom is 0.256 e. The number of nitrogens with zero attached hydrogens (tertiary/aromatic N) is 2. The zero-order chi connectivity index (χ0) is 14.5. The van der Waals surface area contributed by atoms with Crippen LogP contribution >= 0.6 is 0 Å². The summed E-state index contributed by atoms with van der Waals surface area (Å²) in [7, 11) is 0. The van der Waals surface area contributed by atoms with Gasteiger partial charge in [-0.25, -0.2) is 0 Å². The molecule has 0 bridgehead atoms. The van der Waals surface area contributed by atoms with E-state index in [4.69, 9.17) is 0 Å². The summed E-state index contributed by atoms with van der Waals surface area (Å²) in [6.45, 7) is 2.21. The molecule has 2 N–H and O–H groups in total. The van der Waals surface area contributed by atoms with Crippen molar-refractivity contribution in [2.24, 2.45) is 5.92 Å². The van der Waals surface area contributed by atoms with Gasteiger partial charge in [0, 0.05) is 11.8 Å². The van der Waals surface area contributed by atoms with Crippen molar-refractivity contribution < 1.29 is 4.79 Å². The Hall–Kier alpha value is -2.27. The van der Waals surface area contributed by atoms with Crippen molar-refractivity contribution >= 4 is 11.7 Å². The van der Waals surface area contributed by atoms with Gasteiger partial charge in [-0.05, 0) is 61.7 Å². The van der Waals surface area contributed by atoms with Gasteiger partial charge in [0.15, 0.2) is 5.82 Å². The van der Waals surface area contributed by atoms with Crippen LogP contribution in [-0.4, -0.2) is 29.2 Å². The summed E-state index contributed by atoms with van der Waals surface area (Å²) in [5.41, 5.74) is 1.91. The summed E-state index contributed by atoms with van der Waals surface area (Å²) in [5, 5.41) is 13.7. The van der Waals surface area contributed by atoms with Crippen LogP contribution in [0.25, 0.3) is 0 Å². The lowest BCUT2D eigenvalue weighted by Crippen LogP contribution is -2.13. The number of amides is 1. The molecule has 1 aromatic heterocycles. The average Bonchev–Trinajstić information content (AvgIpc) is 3.02. The topological polar surface area (TPSA) is 66.9 Å². The number of anilines is 1. The van der Waals surface area contributed by atoms with Gasteiger partial charge in [0.05, 0.1) is 0 Å². The van der Waals surface area contributed by atoms with E-state index in [-0.39, 0.29) is 5.91 Å². The van der Waals surface area contributed by atoms with E-state index in [2.05, 4.69) is 20.8 Å². The Morgan fingerprint density at radius 3 is 2.81 bits per heavy atom. The van der Waals surface area contributed by atoms with Gasteiger partial charge >= 0.3 is 0 Å². The van der Waals surface area contributed by atoms with E-state index in [1.807, 2.05) is 24.3 Å². The Labute approximate surface area is 123 Å². The minimum absolute atomic E-state index is 0.162. The smallest absolute Gasteiger partial charge is 0.256 e. The normalized spacial score (nSPS) is 17.6. The monoisotopic (exact) mass is 282 g/mol. The standard InChI is InChI=1S/C16H18N4O/c21-16(19-15-2-1-8-18-20-15)14-5-3-12(4-6-14)10-13-7-9-17-11-13/h1-6,8,13,17H,7,9-11H2,(H,19,20,21). The van der Waals surface area contributed by atoms with Gasteiger partial charge in [-0.15, -0.1) is 5.10 Å². The molecule has 3 rings (SSSR count). The SMILES string of the molecule is O=C(Nc1cccnn1)c1ccc(CC2CCNC2)cc1. The molecule has 2 aromatic rings. The fourth-order valence-electron chi connectivity index (χ4n) is 2.57. The third-order valence-electron chi connectivity index (χ3n) is 3.72. The molecule has 2 heterocycles. The predicted molar refractivity (Wildman–Crippen MR) is 81.1 cm³/mol. The van der Waals surface area contributed by atoms with Gasteiger partial charge in [-0.2, -0.15) is 5.10 Å². The lowest BCUT2D eigenvalue weighted by Gasteiger charge is -2.09. The van der Waals surface area contributed by atoms with Crippen molar-refractivity contribution in [3.63, 3.8) is 0 Å². The fraction of sp³-hybridized carbons (Fsp3) is 0.312. The molecule has 1 aliphatic heterocycles. The molecular weight excluding hydrogens is 264 g/mol. The van der Waals surface area contributed by atoms with Gasteiger partial charge in [-0.3, -0.25) is 4.79 Å². The largest absolute Gasteiger partial charge is 0.316 e. The Bertz CT molecular complexity index is 591. The molecule has 1 atom stereocenters. The molecule has 1 aromatic carbocycles. The highest BCUT2D eigenvalue weighted by molar-refractivity contribution is 6.03. The molecular formula is C16H18N4O. The molecule has 108 valence electrons. The summed E-state index contributed by atoms with van der Waals surface area (Å²) in [5.74, 6) is 1.01. The van der Waals surface area contributed by atoms with Crippen LogP contribution in [0.3, 0.4) is 0 Å². The van der Waals surface area contributed by atoms with Crippen LogP contribution in [0.4, 0.5) is 5.82 Å². The van der Waals surface area contributed by atoms with Crippen LogP contribution in [0.5, 0.6) is 0 Å². The maximum absolute atomic E-state index is 12.1. The van der Waals surface area contributed by atoms with E-state index in [1.54, 1.807) is 18.3 Å². The summed E-state index contributed by atoms with van der Waals surface area (Å²) in [6.07, 6.45) is 3.87. The highest BCUT2D eigenvalue weighted by atomic mass is 16.1. The highest BCUT2D eigenvalue weighted by Crippen LogP contribution is 2.16. The molecule has 21 heavy (non-hydrogen) atoms. The second-order valence-corrected chi connectivity index (χ2v) is 5.32. The van der Waals surface area contributed by atoms with Crippen LogP contribution in [0.15, 0.2) is 42.6 Å². The van der Waals surface area contributed by atoms with E-state index in [1.165, 1.54) is 12.0 Å². The third kappa shape index (κ3) is 3.64. The molecule has 0 radical (unpaired) electrons. The quantitative estimate of drug-likeness (QED) is 0.898. The average molecular weight is 282 g/mol. The number of rotatable bonds is 4. The van der Waals surface area contributed by atoms with Crippen molar-refractivity contribution in [3.05, 3.63) is 53.7 Å². The molecule has 1 unspecified atom stereocenters. The van der Waals surface area contributed by atoms with Gasteiger partial charge in [0.25, 0.3) is 5.91 Å². The number of hydrogen-bond acceptors (Lipinski definition) is 4. The van der Waals surface area contributed by atoms with Crippen LogP contribution < -0.4 is 10.6 Å². The zero-order valence-electron chi connectivity index (χ0n) is 11.7. The lowest BCUT2D eigenvalue weighted by molar-refractivity contribution is 0.102. The number of nitrogens with one attached hydrogen (secondary N) is 2. The number of benzene rings is 1. The Morgan fingerprint density at radius 2 is 2.14 bits per heavy atom. The number of carbonyl (C=O) groups excluding carboxylic acids is 1. The Kier molecular flexibility index (Phi) is 4.21. The second-order valence-electron chi connectivity index (χ2n) is 5.32. The Morgan fingerprint density at radius 1 is 1.29 bits per heavy atom. The van der Waals surface area contributed by atoms with Crippen molar-refractivity contribution in [1.82, 2.24) is 15.5 Å². The minimum Gasteiger partial charge on any atom is -0.316 e. The van der Waals surface area contributed by atoms with Gasteiger partial charge < -0.3 is 10.6 Å². The molecule has 1 saturated heterocycles. The number of carbonyl (C=O) groups is 1. The summed E-state index contributed by atoms with van der Waals surface area (Å²) >= 11 is 0. The highest BCUT2D eigenvalue weighted by Gasteiger charge is 2.15. The molecule has 1 fully saturated rings. The van der Waals surface area contributed by atoms with Crippen LogP contribution in [0.2, 0.25) is 0 Å². The van der Waals surface area contributed by atoms with E-state index >= 15 is 0 Å². The third-order valence-corrected chi connectivity index (χ3v) is 3.72. The summed E-state index contributed by atoms with van der Waals surface area (Å²) in [4.78, 5) is 12.1. The zero-order valence-corrected chi connectivity index (χ0v) is 11.7. The minimum atomic E-state index is -0.162. The van der Waals surface area contributed by atoms with Crippen LogP contribution in [-0.2, 0) is 6.42 Å². The fourth-order valence-corrected chi connectivity index (χ4v) is 2.57. The molecule has 5 heteroatoms. The first-order valence-electron chi connectivity index (χ1n) is 7.20. The first kappa shape index (κ1) is 13.7. The lowest BCUT2D eigenvalue weighted by atomic mass is 9.98. The van der Waals surface area contributed by atoms with Gasteiger partial charge in [0.2, 0.25) is 0 Å². The van der Waals surface area contributed by atoms with Crippen LogP contribution in [0, 0.1) is 5.92 Å². The summed E-state index contributed by atoms with van der Waals surface area (Å²) < 4.78 is 0. The van der Waals surface area contributed by atoms with Crippen molar-refractivity contribution in [1.29, 1.82) is 0 Å². The molecule has 0 aliphatic carbocycles. The molecule has 5 nitrogen and oxygen atoms in total. The van der Waals surface area contributed by atoms with Crippen molar-refractivity contribution in [2.45, 2.75) is 12.8 Å². The first-order chi connectivity index (χ1) is 10.3. The number of aromatic nitrogens is 2. The molecule has 1 aliphatic rings. The van der Waals surface area contributed by atoms with Crippen molar-refractivity contribution in [2.75, 3.05) is 18.4 Å². The second kappa shape index (κ2) is 6.45.